The molecule has 0 spiro atoms. The maximum atomic E-state index is 11.9. The normalized spacial score (nSPS) is 16.7. The van der Waals surface area contributed by atoms with Crippen LogP contribution in [0, 0.1) is 11.3 Å². The zero-order chi connectivity index (χ0) is 15.9. The number of nitrogens with one attached hydrogen (secondary N) is 2. The van der Waals surface area contributed by atoms with Gasteiger partial charge in [-0.25, -0.2) is 0 Å². The van der Waals surface area contributed by atoms with Gasteiger partial charge in [-0.2, -0.15) is 0 Å². The highest BCUT2D eigenvalue weighted by molar-refractivity contribution is 5.79. The van der Waals surface area contributed by atoms with E-state index < -0.39 is 5.97 Å². The fourth-order valence-electron chi connectivity index (χ4n) is 2.86. The van der Waals surface area contributed by atoms with Crippen LogP contribution in [0.15, 0.2) is 0 Å². The first-order valence-electron chi connectivity index (χ1n) is 7.61. The molecule has 0 aromatic heterocycles. The molecule has 120 valence electrons. The number of hydrogen-bond acceptors (Lipinski definition) is 3. The minimum atomic E-state index is -0.839. The Morgan fingerprint density at radius 1 is 1.05 bits per heavy atom. The summed E-state index contributed by atoms with van der Waals surface area (Å²) in [6.07, 6.45) is 3.91. The van der Waals surface area contributed by atoms with Crippen LogP contribution in [0.3, 0.4) is 0 Å². The van der Waals surface area contributed by atoms with Crippen LogP contribution in [0.1, 0.15) is 52.4 Å². The standard InChI is InChI=1S/C15H26N2O4/c1-11(2)14(21)17-8-7-16-12(18)9-15(10-13(19)20)5-3-4-6-15/h11H,3-10H2,1-2H3,(H,16,18)(H,17,21)(H,19,20). The summed E-state index contributed by atoms with van der Waals surface area (Å²) in [5.41, 5.74) is -0.378. The first-order chi connectivity index (χ1) is 9.84. The van der Waals surface area contributed by atoms with Crippen molar-refractivity contribution in [3.8, 4) is 0 Å². The van der Waals surface area contributed by atoms with Gasteiger partial charge in [0.2, 0.25) is 11.8 Å². The Balaban J connectivity index is 2.31. The van der Waals surface area contributed by atoms with E-state index in [0.717, 1.165) is 25.7 Å². The molecule has 0 atom stereocenters. The quantitative estimate of drug-likeness (QED) is 0.589. The molecule has 1 rings (SSSR count). The molecule has 0 radical (unpaired) electrons. The average molecular weight is 298 g/mol. The predicted octanol–water partition coefficient (Wildman–Crippen LogP) is 1.30. The van der Waals surface area contributed by atoms with Crippen LogP contribution in [0.5, 0.6) is 0 Å². The Bertz CT molecular complexity index is 387. The van der Waals surface area contributed by atoms with Crippen molar-refractivity contribution in [2.45, 2.75) is 52.4 Å². The molecule has 6 heteroatoms. The van der Waals surface area contributed by atoms with E-state index in [9.17, 15) is 14.4 Å². The summed E-state index contributed by atoms with van der Waals surface area (Å²) < 4.78 is 0. The smallest absolute Gasteiger partial charge is 0.303 e. The number of carbonyl (C=O) groups is 3. The molecule has 1 aliphatic rings. The molecule has 0 saturated heterocycles. The number of carbonyl (C=O) groups excluding carboxylic acids is 2. The minimum Gasteiger partial charge on any atom is -0.481 e. The second-order valence-corrected chi connectivity index (χ2v) is 6.25. The van der Waals surface area contributed by atoms with Gasteiger partial charge in [0.15, 0.2) is 0 Å². The summed E-state index contributed by atoms with van der Waals surface area (Å²) in [5.74, 6) is -1.08. The number of rotatable bonds is 8. The van der Waals surface area contributed by atoms with Crippen LogP contribution in [0.4, 0.5) is 0 Å². The first kappa shape index (κ1) is 17.5. The number of aliphatic carboxylic acids is 1. The van der Waals surface area contributed by atoms with Gasteiger partial charge in [-0.15, -0.1) is 0 Å². The summed E-state index contributed by atoms with van der Waals surface area (Å²) in [6, 6.07) is 0. The van der Waals surface area contributed by atoms with Gasteiger partial charge in [0.25, 0.3) is 0 Å². The van der Waals surface area contributed by atoms with Crippen molar-refractivity contribution in [2.24, 2.45) is 11.3 Å². The van der Waals surface area contributed by atoms with Crippen LogP contribution in [-0.2, 0) is 14.4 Å². The van der Waals surface area contributed by atoms with Gasteiger partial charge < -0.3 is 15.7 Å². The molecule has 21 heavy (non-hydrogen) atoms. The lowest BCUT2D eigenvalue weighted by molar-refractivity contribution is -0.140. The molecule has 0 heterocycles. The third kappa shape index (κ3) is 6.14. The minimum absolute atomic E-state index is 0.0395. The Morgan fingerprint density at radius 3 is 2.14 bits per heavy atom. The lowest BCUT2D eigenvalue weighted by atomic mass is 9.79. The summed E-state index contributed by atoms with van der Waals surface area (Å²) >= 11 is 0. The molecule has 0 bridgehead atoms. The second-order valence-electron chi connectivity index (χ2n) is 6.25. The molecule has 3 N–H and O–H groups in total. The van der Waals surface area contributed by atoms with E-state index in [-0.39, 0.29) is 36.0 Å². The Labute approximate surface area is 125 Å². The van der Waals surface area contributed by atoms with Crippen LogP contribution in [0.25, 0.3) is 0 Å². The fourth-order valence-corrected chi connectivity index (χ4v) is 2.86. The van der Waals surface area contributed by atoms with Crippen LogP contribution in [-0.4, -0.2) is 36.0 Å². The lowest BCUT2D eigenvalue weighted by Crippen LogP contribution is -2.38. The molecule has 0 aromatic rings. The summed E-state index contributed by atoms with van der Waals surface area (Å²) in [6.45, 7) is 4.39. The molecular formula is C15H26N2O4. The van der Waals surface area contributed by atoms with Gasteiger partial charge in [0, 0.05) is 25.4 Å². The highest BCUT2D eigenvalue weighted by Gasteiger charge is 2.37. The van der Waals surface area contributed by atoms with E-state index in [1.54, 1.807) is 0 Å². The average Bonchev–Trinajstić information content (AvgIpc) is 2.81. The number of carboxylic acid groups (broad SMARTS) is 1. The van der Waals surface area contributed by atoms with E-state index in [1.165, 1.54) is 0 Å². The van der Waals surface area contributed by atoms with E-state index >= 15 is 0 Å². The highest BCUT2D eigenvalue weighted by Crippen LogP contribution is 2.43. The van der Waals surface area contributed by atoms with Gasteiger partial charge in [-0.3, -0.25) is 14.4 Å². The van der Waals surface area contributed by atoms with E-state index in [0.29, 0.717) is 13.1 Å². The zero-order valence-corrected chi connectivity index (χ0v) is 12.9. The van der Waals surface area contributed by atoms with Crippen LogP contribution >= 0.6 is 0 Å². The van der Waals surface area contributed by atoms with Gasteiger partial charge in [-0.1, -0.05) is 26.7 Å². The predicted molar refractivity (Wildman–Crippen MR) is 78.6 cm³/mol. The number of amides is 2. The molecule has 1 saturated carbocycles. The number of hydrogen-bond donors (Lipinski definition) is 3. The lowest BCUT2D eigenvalue weighted by Gasteiger charge is -2.26. The van der Waals surface area contributed by atoms with Crippen molar-refractivity contribution in [2.75, 3.05) is 13.1 Å². The van der Waals surface area contributed by atoms with Gasteiger partial charge in [0.05, 0.1) is 6.42 Å². The maximum absolute atomic E-state index is 11.9. The van der Waals surface area contributed by atoms with Crippen molar-refractivity contribution >= 4 is 17.8 Å². The largest absolute Gasteiger partial charge is 0.481 e. The summed E-state index contributed by atoms with van der Waals surface area (Å²) in [5, 5.41) is 14.5. The molecule has 0 unspecified atom stereocenters. The molecule has 1 aliphatic carbocycles. The van der Waals surface area contributed by atoms with Crippen LogP contribution < -0.4 is 10.6 Å². The van der Waals surface area contributed by atoms with Crippen LogP contribution in [0.2, 0.25) is 0 Å². The van der Waals surface area contributed by atoms with Crippen molar-refractivity contribution < 1.29 is 19.5 Å². The van der Waals surface area contributed by atoms with Gasteiger partial charge in [0.1, 0.15) is 0 Å². The Hall–Kier alpha value is -1.59. The second kappa shape index (κ2) is 8.00. The zero-order valence-electron chi connectivity index (χ0n) is 12.9. The van der Waals surface area contributed by atoms with E-state index in [2.05, 4.69) is 10.6 Å². The maximum Gasteiger partial charge on any atom is 0.303 e. The molecule has 6 nitrogen and oxygen atoms in total. The van der Waals surface area contributed by atoms with Crippen molar-refractivity contribution in [1.29, 1.82) is 0 Å². The summed E-state index contributed by atoms with van der Waals surface area (Å²) in [7, 11) is 0. The SMILES string of the molecule is CC(C)C(=O)NCCNC(=O)CC1(CC(=O)O)CCCC1. The van der Waals surface area contributed by atoms with Crippen molar-refractivity contribution in [3.63, 3.8) is 0 Å². The summed E-state index contributed by atoms with van der Waals surface area (Å²) in [4.78, 5) is 34.3. The first-order valence-corrected chi connectivity index (χ1v) is 7.61. The molecular weight excluding hydrogens is 272 g/mol. The molecule has 1 fully saturated rings. The Kier molecular flexibility index (Phi) is 6.65. The fraction of sp³-hybridized carbons (Fsp3) is 0.800. The third-order valence-corrected chi connectivity index (χ3v) is 4.00. The monoisotopic (exact) mass is 298 g/mol. The van der Waals surface area contributed by atoms with Crippen molar-refractivity contribution in [1.82, 2.24) is 10.6 Å². The van der Waals surface area contributed by atoms with Crippen molar-refractivity contribution in [3.05, 3.63) is 0 Å². The van der Waals surface area contributed by atoms with E-state index in [1.807, 2.05) is 13.8 Å². The van der Waals surface area contributed by atoms with Gasteiger partial charge >= 0.3 is 5.97 Å². The highest BCUT2D eigenvalue weighted by atomic mass is 16.4. The topological polar surface area (TPSA) is 95.5 Å². The van der Waals surface area contributed by atoms with Gasteiger partial charge in [-0.05, 0) is 18.3 Å². The number of carboxylic acids is 1. The Morgan fingerprint density at radius 2 is 1.62 bits per heavy atom. The van der Waals surface area contributed by atoms with E-state index in [4.69, 9.17) is 5.11 Å². The third-order valence-electron chi connectivity index (χ3n) is 4.00. The molecule has 0 aromatic carbocycles. The molecule has 2 amide bonds. The molecule has 0 aliphatic heterocycles.